The van der Waals surface area contributed by atoms with Crippen LogP contribution in [0.3, 0.4) is 0 Å². The van der Waals surface area contributed by atoms with Crippen LogP contribution in [-0.2, 0) is 29.3 Å². The van der Waals surface area contributed by atoms with Gasteiger partial charge in [-0.15, -0.1) is 3.89 Å². The highest BCUT2D eigenvalue weighted by Crippen LogP contribution is 2.43. The third kappa shape index (κ3) is 6.70. The highest BCUT2D eigenvalue weighted by molar-refractivity contribution is 7.86. The number of carbonyl (C=O) groups excluding carboxylic acids is 1. The van der Waals surface area contributed by atoms with Crippen molar-refractivity contribution in [3.05, 3.63) is 108 Å². The minimum atomic E-state index is -4.80. The molecule has 4 aromatic rings. The van der Waals surface area contributed by atoms with E-state index in [1.807, 2.05) is 0 Å². The summed E-state index contributed by atoms with van der Waals surface area (Å²) >= 11 is 0. The van der Waals surface area contributed by atoms with Gasteiger partial charge in [0.15, 0.2) is 6.54 Å². The predicted molar refractivity (Wildman–Crippen MR) is 156 cm³/mol. The number of amides is 2. The maximum Gasteiger partial charge on any atom is 0.432 e. The minimum Gasteiger partial charge on any atom is -0.366 e. The molecule has 2 N–H and O–H groups in total. The quantitative estimate of drug-likeness (QED) is 0.160. The molecule has 2 amide bonds. The van der Waals surface area contributed by atoms with E-state index in [4.69, 9.17) is 0 Å². The SMILES string of the molecule is C[C@@H]1CC(F)(F)C[N+]1(C(=O)NCc1cc(NCc2ccncc2)nc(-c2ccc(C(F)(F)F)cc2)c1)S(=O)(=O)c1ccc(F)cc1. The molecule has 1 fully saturated rings. The summed E-state index contributed by atoms with van der Waals surface area (Å²) in [5, 5.41) is 5.58. The second-order valence-electron chi connectivity index (χ2n) is 11.0. The van der Waals surface area contributed by atoms with Crippen molar-refractivity contribution in [3.63, 3.8) is 0 Å². The Kier molecular flexibility index (Phi) is 8.84. The number of halogens is 6. The number of hydrogen-bond acceptors (Lipinski definition) is 6. The first-order valence-electron chi connectivity index (χ1n) is 14.0. The molecule has 2 atom stereocenters. The van der Waals surface area contributed by atoms with Crippen molar-refractivity contribution in [2.24, 2.45) is 0 Å². The Morgan fingerprint density at radius 2 is 1.61 bits per heavy atom. The lowest BCUT2D eigenvalue weighted by Gasteiger charge is -2.33. The number of sulfonamides is 1. The summed E-state index contributed by atoms with van der Waals surface area (Å²) in [6.07, 6.45) is -2.25. The summed E-state index contributed by atoms with van der Waals surface area (Å²) in [4.78, 5) is 21.7. The Balaban J connectivity index is 1.47. The lowest BCUT2D eigenvalue weighted by Crippen LogP contribution is -2.62. The fourth-order valence-corrected chi connectivity index (χ4v) is 7.45. The molecule has 2 aromatic carbocycles. The molecule has 0 saturated carbocycles. The number of nitrogens with one attached hydrogen (secondary N) is 2. The number of rotatable bonds is 8. The molecule has 0 radical (unpaired) electrons. The van der Waals surface area contributed by atoms with Gasteiger partial charge in [-0.1, -0.05) is 12.1 Å². The number of aromatic nitrogens is 2. The van der Waals surface area contributed by atoms with Crippen LogP contribution in [0.1, 0.15) is 30.0 Å². The molecule has 1 aliphatic rings. The first-order valence-corrected chi connectivity index (χ1v) is 15.4. The van der Waals surface area contributed by atoms with Gasteiger partial charge in [0.25, 0.3) is 0 Å². The van der Waals surface area contributed by atoms with Crippen molar-refractivity contribution < 1.29 is 43.4 Å². The Morgan fingerprint density at radius 3 is 2.20 bits per heavy atom. The molecular weight excluding hydrogens is 636 g/mol. The second kappa shape index (κ2) is 12.4. The Hall–Kier alpha value is -4.50. The zero-order valence-electron chi connectivity index (χ0n) is 24.2. The van der Waals surface area contributed by atoms with Gasteiger partial charge >= 0.3 is 28.2 Å². The normalized spacial score (nSPS) is 19.5. The molecule has 3 heterocycles. The van der Waals surface area contributed by atoms with Gasteiger partial charge in [-0.05, 0) is 78.7 Å². The molecule has 0 spiro atoms. The van der Waals surface area contributed by atoms with Crippen LogP contribution in [-0.4, -0.2) is 46.8 Å². The van der Waals surface area contributed by atoms with Crippen LogP contribution in [0, 0.1) is 5.82 Å². The molecular formula is C31H28F6N5O3S+. The smallest absolute Gasteiger partial charge is 0.366 e. The van der Waals surface area contributed by atoms with E-state index < -0.39 is 67.3 Å². The number of hydrogen-bond donors (Lipinski definition) is 2. The zero-order chi connectivity index (χ0) is 33.3. The summed E-state index contributed by atoms with van der Waals surface area (Å²) in [6.45, 7) is -0.139. The van der Waals surface area contributed by atoms with Crippen molar-refractivity contribution in [1.82, 2.24) is 15.3 Å². The van der Waals surface area contributed by atoms with E-state index in [9.17, 15) is 39.6 Å². The van der Waals surface area contributed by atoms with E-state index in [1.54, 1.807) is 24.5 Å². The molecule has 0 bridgehead atoms. The number of urea groups is 1. The lowest BCUT2D eigenvalue weighted by molar-refractivity contribution is -0.738. The van der Waals surface area contributed by atoms with Crippen molar-refractivity contribution in [2.75, 3.05) is 11.9 Å². The Bertz CT molecular complexity index is 1820. The molecule has 15 heteroatoms. The highest BCUT2D eigenvalue weighted by atomic mass is 32.2. The van der Waals surface area contributed by atoms with Gasteiger partial charge < -0.3 is 10.6 Å². The topological polar surface area (TPSA) is 101 Å². The molecule has 0 aliphatic carbocycles. The van der Waals surface area contributed by atoms with Gasteiger partial charge in [-0.2, -0.15) is 21.6 Å². The lowest BCUT2D eigenvalue weighted by atomic mass is 10.1. The van der Waals surface area contributed by atoms with E-state index in [1.165, 1.54) is 31.2 Å². The van der Waals surface area contributed by atoms with Crippen molar-refractivity contribution in [1.29, 1.82) is 0 Å². The fraction of sp³-hybridized carbons (Fsp3) is 0.258. The van der Waals surface area contributed by atoms with Gasteiger partial charge in [0.05, 0.1) is 17.7 Å². The molecule has 1 unspecified atom stereocenters. The van der Waals surface area contributed by atoms with Gasteiger partial charge in [-0.3, -0.25) is 4.98 Å². The van der Waals surface area contributed by atoms with Crippen molar-refractivity contribution in [3.8, 4) is 11.3 Å². The highest BCUT2D eigenvalue weighted by Gasteiger charge is 2.66. The van der Waals surface area contributed by atoms with Crippen LogP contribution >= 0.6 is 0 Å². The Labute approximate surface area is 260 Å². The van der Waals surface area contributed by atoms with Gasteiger partial charge in [0, 0.05) is 31.0 Å². The van der Waals surface area contributed by atoms with E-state index in [-0.39, 0.29) is 18.1 Å². The maximum atomic E-state index is 14.7. The summed E-state index contributed by atoms with van der Waals surface area (Å²) < 4.78 is 108. The summed E-state index contributed by atoms with van der Waals surface area (Å²) in [5.41, 5.74) is 0.896. The second-order valence-corrected chi connectivity index (χ2v) is 13.1. The molecule has 8 nitrogen and oxygen atoms in total. The number of benzene rings is 2. The maximum absolute atomic E-state index is 14.7. The summed E-state index contributed by atoms with van der Waals surface area (Å²) in [5.74, 6) is -3.95. The molecule has 2 aromatic heterocycles. The number of carbonyl (C=O) groups is 1. The average Bonchev–Trinajstić information content (AvgIpc) is 3.28. The third-order valence-electron chi connectivity index (χ3n) is 7.72. The number of pyridine rings is 2. The van der Waals surface area contributed by atoms with Gasteiger partial charge in [0.1, 0.15) is 22.6 Å². The first-order chi connectivity index (χ1) is 21.6. The standard InChI is InChI=1S/C31H27F6N5O3S/c1-20-16-30(33,34)19-42(20,46(44,45)26-8-6-25(32)7-9-26)29(43)40-18-22-14-27(23-2-4-24(5-3-23)31(35,36)37)41-28(15-22)39-17-21-10-12-38-13-11-21/h2-15,20H,16-19H2,1H3,(H-,39,40,41,43)/p+1/t20-,42?/m1/s1. The van der Waals surface area contributed by atoms with Crippen LogP contribution < -0.4 is 10.6 Å². The monoisotopic (exact) mass is 664 g/mol. The number of nitrogens with zero attached hydrogens (tertiary/aromatic N) is 3. The number of likely N-dealkylation sites (tertiary alicyclic amines) is 1. The van der Waals surface area contributed by atoms with Gasteiger partial charge in [0.2, 0.25) is 0 Å². The first kappa shape index (κ1) is 32.9. The van der Waals surface area contributed by atoms with E-state index in [0.29, 0.717) is 17.7 Å². The molecule has 46 heavy (non-hydrogen) atoms. The van der Waals surface area contributed by atoms with Crippen molar-refractivity contribution >= 4 is 21.9 Å². The average molecular weight is 665 g/mol. The number of alkyl halides is 5. The molecule has 5 rings (SSSR count). The van der Waals surface area contributed by atoms with Crippen LogP contribution in [0.2, 0.25) is 0 Å². The largest absolute Gasteiger partial charge is 0.432 e. The summed E-state index contributed by atoms with van der Waals surface area (Å²) in [7, 11) is -4.80. The Morgan fingerprint density at radius 1 is 0.957 bits per heavy atom. The van der Waals surface area contributed by atoms with Crippen LogP contribution in [0.15, 0.2) is 90.1 Å². The zero-order valence-corrected chi connectivity index (χ0v) is 25.0. The minimum absolute atomic E-state index is 0.238. The third-order valence-corrected chi connectivity index (χ3v) is 10.1. The molecule has 242 valence electrons. The van der Waals surface area contributed by atoms with Crippen LogP contribution in [0.5, 0.6) is 0 Å². The fourth-order valence-electron chi connectivity index (χ4n) is 5.40. The van der Waals surface area contributed by atoms with Crippen molar-refractivity contribution in [2.45, 2.75) is 49.5 Å². The van der Waals surface area contributed by atoms with Crippen LogP contribution in [0.4, 0.5) is 37.0 Å². The number of quaternary nitrogens is 1. The van der Waals surface area contributed by atoms with E-state index in [2.05, 4.69) is 20.6 Å². The number of anilines is 1. The molecule has 1 aliphatic heterocycles. The summed E-state index contributed by atoms with van der Waals surface area (Å²) in [6, 6.07) is 11.8. The predicted octanol–water partition coefficient (Wildman–Crippen LogP) is 6.76. The molecule has 1 saturated heterocycles. The van der Waals surface area contributed by atoms with Crippen LogP contribution in [0.25, 0.3) is 11.3 Å². The van der Waals surface area contributed by atoms with E-state index >= 15 is 0 Å². The van der Waals surface area contributed by atoms with Gasteiger partial charge in [-0.25, -0.2) is 22.9 Å². The van der Waals surface area contributed by atoms with E-state index in [0.717, 1.165) is 42.0 Å².